The Hall–Kier alpha value is -2.86. The van der Waals surface area contributed by atoms with Crippen molar-refractivity contribution in [2.24, 2.45) is 0 Å². The van der Waals surface area contributed by atoms with Gasteiger partial charge in [-0.25, -0.2) is 0 Å². The molecule has 3 rings (SSSR count). The van der Waals surface area contributed by atoms with E-state index in [1.807, 2.05) is 68.4 Å². The largest absolute Gasteiger partial charge is 0.354 e. The molecule has 29 heavy (non-hydrogen) atoms. The van der Waals surface area contributed by atoms with Crippen molar-refractivity contribution in [1.29, 1.82) is 0 Å². The molecule has 1 unspecified atom stereocenters. The van der Waals surface area contributed by atoms with Crippen molar-refractivity contribution in [1.82, 2.24) is 10.2 Å². The second kappa shape index (κ2) is 9.56. The van der Waals surface area contributed by atoms with Gasteiger partial charge in [0.05, 0.1) is 10.8 Å². The lowest BCUT2D eigenvalue weighted by Gasteiger charge is -2.17. The first-order chi connectivity index (χ1) is 14.0. The standard InChI is InChI=1S/C23H24N2O3S/c1-3-19(18-7-5-4-6-8-18)21(26)24-13-14-25-22(27)20(29-23(25)28)15-17-11-9-16(2)10-12-17/h4-12,15,19H,3,13-14H2,1-2H3,(H,24,26)/b20-15-. The first kappa shape index (κ1) is 20.9. The SMILES string of the molecule is CCC(C(=O)NCCN1C(=O)S/C(=C\c2ccc(C)cc2)C1=O)c1ccccc1. The third-order valence-electron chi connectivity index (χ3n) is 4.81. The average molecular weight is 409 g/mol. The minimum Gasteiger partial charge on any atom is -0.354 e. The number of hydrogen-bond donors (Lipinski definition) is 1. The normalized spacial score (nSPS) is 16.3. The molecule has 3 amide bonds. The zero-order valence-corrected chi connectivity index (χ0v) is 17.4. The van der Waals surface area contributed by atoms with Gasteiger partial charge in [0.1, 0.15) is 0 Å². The number of nitrogens with zero attached hydrogens (tertiary/aromatic N) is 1. The molecular formula is C23H24N2O3S. The number of benzene rings is 2. The predicted molar refractivity (Wildman–Crippen MR) is 116 cm³/mol. The minimum absolute atomic E-state index is 0.0964. The number of thioether (sulfide) groups is 1. The number of carbonyl (C=O) groups is 3. The highest BCUT2D eigenvalue weighted by Gasteiger charge is 2.34. The van der Waals surface area contributed by atoms with Crippen molar-refractivity contribution < 1.29 is 14.4 Å². The molecule has 1 atom stereocenters. The van der Waals surface area contributed by atoms with Crippen molar-refractivity contribution >= 4 is 34.9 Å². The van der Waals surface area contributed by atoms with Crippen molar-refractivity contribution in [3.8, 4) is 0 Å². The van der Waals surface area contributed by atoms with Gasteiger partial charge in [-0.05, 0) is 42.3 Å². The molecule has 1 aliphatic rings. The van der Waals surface area contributed by atoms with Crippen LogP contribution in [-0.2, 0) is 9.59 Å². The van der Waals surface area contributed by atoms with Crippen LogP contribution in [0.25, 0.3) is 6.08 Å². The van der Waals surface area contributed by atoms with E-state index in [0.717, 1.165) is 28.5 Å². The Kier molecular flexibility index (Phi) is 6.88. The molecule has 1 saturated heterocycles. The summed E-state index contributed by atoms with van der Waals surface area (Å²) in [7, 11) is 0. The highest BCUT2D eigenvalue weighted by Crippen LogP contribution is 2.32. The van der Waals surface area contributed by atoms with Crippen LogP contribution >= 0.6 is 11.8 Å². The van der Waals surface area contributed by atoms with E-state index in [4.69, 9.17) is 0 Å². The molecule has 0 aromatic heterocycles. The van der Waals surface area contributed by atoms with Crippen LogP contribution in [0.3, 0.4) is 0 Å². The second-order valence-corrected chi connectivity index (χ2v) is 7.90. The van der Waals surface area contributed by atoms with E-state index in [9.17, 15) is 14.4 Å². The van der Waals surface area contributed by atoms with E-state index in [1.165, 1.54) is 4.90 Å². The summed E-state index contributed by atoms with van der Waals surface area (Å²) in [6.45, 7) is 4.35. The first-order valence-electron chi connectivity index (χ1n) is 9.64. The first-order valence-corrected chi connectivity index (χ1v) is 10.5. The summed E-state index contributed by atoms with van der Waals surface area (Å²) in [6.07, 6.45) is 2.40. The maximum absolute atomic E-state index is 12.6. The van der Waals surface area contributed by atoms with Crippen LogP contribution in [0, 0.1) is 6.92 Å². The lowest BCUT2D eigenvalue weighted by molar-refractivity contribution is -0.125. The van der Waals surface area contributed by atoms with Gasteiger partial charge in [0, 0.05) is 13.1 Å². The summed E-state index contributed by atoms with van der Waals surface area (Å²) < 4.78 is 0. The van der Waals surface area contributed by atoms with Gasteiger partial charge in [0.15, 0.2) is 0 Å². The molecule has 0 radical (unpaired) electrons. The van der Waals surface area contributed by atoms with Crippen molar-refractivity contribution in [2.75, 3.05) is 13.1 Å². The monoisotopic (exact) mass is 408 g/mol. The number of carbonyl (C=O) groups excluding carboxylic acids is 3. The fraction of sp³-hybridized carbons (Fsp3) is 0.261. The Morgan fingerprint density at radius 3 is 2.45 bits per heavy atom. The Morgan fingerprint density at radius 1 is 1.10 bits per heavy atom. The molecule has 0 spiro atoms. The van der Waals surface area contributed by atoms with Crippen LogP contribution in [0.15, 0.2) is 59.5 Å². The number of nitrogens with one attached hydrogen (secondary N) is 1. The molecule has 0 aliphatic carbocycles. The quantitative estimate of drug-likeness (QED) is 0.692. The average Bonchev–Trinajstić information content (AvgIpc) is 2.98. The lowest BCUT2D eigenvalue weighted by atomic mass is 9.96. The van der Waals surface area contributed by atoms with E-state index in [2.05, 4.69) is 5.32 Å². The molecule has 1 fully saturated rings. The van der Waals surface area contributed by atoms with Gasteiger partial charge >= 0.3 is 0 Å². The number of hydrogen-bond acceptors (Lipinski definition) is 4. The Labute approximate surface area is 175 Å². The lowest BCUT2D eigenvalue weighted by Crippen LogP contribution is -2.38. The van der Waals surface area contributed by atoms with Gasteiger partial charge in [-0.1, -0.05) is 67.1 Å². The maximum Gasteiger partial charge on any atom is 0.293 e. The second-order valence-electron chi connectivity index (χ2n) is 6.91. The summed E-state index contributed by atoms with van der Waals surface area (Å²) in [4.78, 5) is 38.9. The molecule has 1 heterocycles. The zero-order chi connectivity index (χ0) is 20.8. The summed E-state index contributed by atoms with van der Waals surface area (Å²) in [5.74, 6) is -0.654. The molecular weight excluding hydrogens is 384 g/mol. The van der Waals surface area contributed by atoms with Gasteiger partial charge in [0.2, 0.25) is 5.91 Å². The molecule has 2 aromatic rings. The third kappa shape index (κ3) is 5.15. The molecule has 0 saturated carbocycles. The summed E-state index contributed by atoms with van der Waals surface area (Å²) in [5.41, 5.74) is 2.97. The van der Waals surface area contributed by atoms with Crippen molar-refractivity contribution in [3.05, 3.63) is 76.2 Å². The summed E-state index contributed by atoms with van der Waals surface area (Å²) in [6, 6.07) is 17.3. The molecule has 2 aromatic carbocycles. The smallest absolute Gasteiger partial charge is 0.293 e. The van der Waals surface area contributed by atoms with Gasteiger partial charge < -0.3 is 5.32 Å². The maximum atomic E-state index is 12.6. The minimum atomic E-state index is -0.315. The number of amides is 3. The molecule has 0 bridgehead atoms. The van der Waals surface area contributed by atoms with Crippen LogP contribution in [0.4, 0.5) is 4.79 Å². The Balaban J connectivity index is 1.58. The number of aryl methyl sites for hydroxylation is 1. The van der Waals surface area contributed by atoms with Gasteiger partial charge in [0.25, 0.3) is 11.1 Å². The van der Waals surface area contributed by atoms with E-state index in [-0.39, 0.29) is 36.1 Å². The van der Waals surface area contributed by atoms with E-state index >= 15 is 0 Å². The van der Waals surface area contributed by atoms with Crippen LogP contribution < -0.4 is 5.32 Å². The highest BCUT2D eigenvalue weighted by molar-refractivity contribution is 8.18. The fourth-order valence-corrected chi connectivity index (χ4v) is 4.04. The number of imide groups is 1. The molecule has 150 valence electrons. The van der Waals surface area contributed by atoms with Gasteiger partial charge in [-0.15, -0.1) is 0 Å². The molecule has 1 aliphatic heterocycles. The number of rotatable bonds is 7. The van der Waals surface area contributed by atoms with Gasteiger partial charge in [-0.2, -0.15) is 0 Å². The molecule has 5 nitrogen and oxygen atoms in total. The summed E-state index contributed by atoms with van der Waals surface area (Å²) >= 11 is 0.933. The van der Waals surface area contributed by atoms with E-state index < -0.39 is 0 Å². The Morgan fingerprint density at radius 2 is 1.79 bits per heavy atom. The fourth-order valence-electron chi connectivity index (χ4n) is 3.18. The van der Waals surface area contributed by atoms with E-state index in [1.54, 1.807) is 6.08 Å². The zero-order valence-electron chi connectivity index (χ0n) is 16.6. The van der Waals surface area contributed by atoms with Gasteiger partial charge in [-0.3, -0.25) is 19.3 Å². The Bertz CT molecular complexity index is 923. The van der Waals surface area contributed by atoms with Crippen molar-refractivity contribution in [3.63, 3.8) is 0 Å². The third-order valence-corrected chi connectivity index (χ3v) is 5.72. The van der Waals surface area contributed by atoms with Crippen LogP contribution in [0.2, 0.25) is 0 Å². The highest BCUT2D eigenvalue weighted by atomic mass is 32.2. The van der Waals surface area contributed by atoms with E-state index in [0.29, 0.717) is 11.3 Å². The summed E-state index contributed by atoms with van der Waals surface area (Å²) in [5, 5.41) is 2.55. The van der Waals surface area contributed by atoms with Crippen LogP contribution in [0.1, 0.15) is 36.0 Å². The van der Waals surface area contributed by atoms with Crippen LogP contribution in [-0.4, -0.2) is 35.0 Å². The predicted octanol–water partition coefficient (Wildman–Crippen LogP) is 4.34. The van der Waals surface area contributed by atoms with Crippen LogP contribution in [0.5, 0.6) is 0 Å². The topological polar surface area (TPSA) is 66.5 Å². The van der Waals surface area contributed by atoms with Crippen molar-refractivity contribution in [2.45, 2.75) is 26.2 Å². The molecule has 1 N–H and O–H groups in total. The molecule has 6 heteroatoms.